The second-order valence-electron chi connectivity index (χ2n) is 5.49. The maximum absolute atomic E-state index is 11.9. The molecule has 1 fully saturated rings. The second-order valence-corrected chi connectivity index (χ2v) is 5.49. The lowest BCUT2D eigenvalue weighted by Crippen LogP contribution is -2.32. The van der Waals surface area contributed by atoms with Gasteiger partial charge in [-0.2, -0.15) is 0 Å². The Bertz CT molecular complexity index is 479. The average Bonchev–Trinajstić information content (AvgIpc) is 2.97. The summed E-state index contributed by atoms with van der Waals surface area (Å²) in [5, 5.41) is 9.41. The molecule has 0 amide bonds. The molecule has 1 saturated carbocycles. The first-order valence-electron chi connectivity index (χ1n) is 7.27. The van der Waals surface area contributed by atoms with Gasteiger partial charge in [-0.1, -0.05) is 18.9 Å². The van der Waals surface area contributed by atoms with Crippen molar-refractivity contribution in [2.24, 2.45) is 5.73 Å². The zero-order chi connectivity index (χ0) is 14.6. The summed E-state index contributed by atoms with van der Waals surface area (Å²) >= 11 is 0. The molecule has 2 rings (SSSR count). The number of benzene rings is 1. The van der Waals surface area contributed by atoms with E-state index in [2.05, 4.69) is 0 Å². The van der Waals surface area contributed by atoms with E-state index in [-0.39, 0.29) is 18.0 Å². The standard InChI is InChI=1S/C16H23NO3/c1-2-20-15(19)13-7-12(10-18)8-14(9-13)16(11-17)5-3-4-6-16/h7-9,18H,2-6,10-11,17H2,1H3. The number of carbonyl (C=O) groups is 1. The number of rotatable bonds is 5. The van der Waals surface area contributed by atoms with Crippen LogP contribution in [0.3, 0.4) is 0 Å². The van der Waals surface area contributed by atoms with E-state index in [4.69, 9.17) is 10.5 Å². The van der Waals surface area contributed by atoms with Crippen LogP contribution in [-0.4, -0.2) is 24.2 Å². The molecule has 0 bridgehead atoms. The number of nitrogens with two attached hydrogens (primary N) is 1. The Labute approximate surface area is 119 Å². The van der Waals surface area contributed by atoms with Crippen molar-refractivity contribution < 1.29 is 14.6 Å². The number of aliphatic hydroxyl groups excluding tert-OH is 1. The van der Waals surface area contributed by atoms with Gasteiger partial charge in [0.05, 0.1) is 18.8 Å². The monoisotopic (exact) mass is 277 g/mol. The van der Waals surface area contributed by atoms with Crippen molar-refractivity contribution in [1.82, 2.24) is 0 Å². The third kappa shape index (κ3) is 2.86. The second kappa shape index (κ2) is 6.37. The largest absolute Gasteiger partial charge is 0.462 e. The summed E-state index contributed by atoms with van der Waals surface area (Å²) in [6, 6.07) is 5.55. The van der Waals surface area contributed by atoms with Gasteiger partial charge in [0.15, 0.2) is 0 Å². The Hall–Kier alpha value is -1.39. The number of ether oxygens (including phenoxy) is 1. The highest BCUT2D eigenvalue weighted by Crippen LogP contribution is 2.40. The van der Waals surface area contributed by atoms with Crippen molar-refractivity contribution in [3.8, 4) is 0 Å². The SMILES string of the molecule is CCOC(=O)c1cc(CO)cc(C2(CN)CCCC2)c1. The summed E-state index contributed by atoms with van der Waals surface area (Å²) in [6.45, 7) is 2.62. The molecule has 20 heavy (non-hydrogen) atoms. The van der Waals surface area contributed by atoms with Gasteiger partial charge in [-0.25, -0.2) is 4.79 Å². The van der Waals surface area contributed by atoms with Crippen LogP contribution in [0.15, 0.2) is 18.2 Å². The summed E-state index contributed by atoms with van der Waals surface area (Å²) in [5.74, 6) is -0.339. The van der Waals surface area contributed by atoms with Gasteiger partial charge in [0.1, 0.15) is 0 Å². The Morgan fingerprint density at radius 2 is 2.05 bits per heavy atom. The minimum atomic E-state index is -0.339. The predicted octanol–water partition coefficient (Wildman–Crippen LogP) is 2.13. The number of hydrogen-bond donors (Lipinski definition) is 2. The zero-order valence-corrected chi connectivity index (χ0v) is 12.0. The van der Waals surface area contributed by atoms with E-state index in [1.165, 1.54) is 0 Å². The van der Waals surface area contributed by atoms with Crippen molar-refractivity contribution >= 4 is 5.97 Å². The van der Waals surface area contributed by atoms with Crippen LogP contribution in [0.1, 0.15) is 54.1 Å². The summed E-state index contributed by atoms with van der Waals surface area (Å²) in [7, 11) is 0. The highest BCUT2D eigenvalue weighted by Gasteiger charge is 2.35. The molecule has 1 aliphatic rings. The predicted molar refractivity (Wildman–Crippen MR) is 77.5 cm³/mol. The van der Waals surface area contributed by atoms with Crippen LogP contribution in [-0.2, 0) is 16.8 Å². The minimum absolute atomic E-state index is 0.0492. The Morgan fingerprint density at radius 1 is 1.35 bits per heavy atom. The van der Waals surface area contributed by atoms with Gasteiger partial charge >= 0.3 is 5.97 Å². The van der Waals surface area contributed by atoms with E-state index in [0.29, 0.717) is 18.7 Å². The Morgan fingerprint density at radius 3 is 2.60 bits per heavy atom. The molecule has 3 N–H and O–H groups in total. The van der Waals surface area contributed by atoms with E-state index >= 15 is 0 Å². The van der Waals surface area contributed by atoms with Gasteiger partial charge in [0, 0.05) is 12.0 Å². The van der Waals surface area contributed by atoms with Gasteiger partial charge in [0.25, 0.3) is 0 Å². The maximum Gasteiger partial charge on any atom is 0.338 e. The van der Waals surface area contributed by atoms with Gasteiger partial charge in [-0.05, 0) is 43.0 Å². The molecule has 0 heterocycles. The fourth-order valence-corrected chi connectivity index (χ4v) is 3.08. The van der Waals surface area contributed by atoms with Crippen LogP contribution in [0.2, 0.25) is 0 Å². The topological polar surface area (TPSA) is 72.5 Å². The van der Waals surface area contributed by atoms with Crippen LogP contribution in [0.5, 0.6) is 0 Å². The van der Waals surface area contributed by atoms with Gasteiger partial charge in [-0.3, -0.25) is 0 Å². The molecule has 110 valence electrons. The summed E-state index contributed by atoms with van der Waals surface area (Å²) in [6.07, 6.45) is 4.41. The van der Waals surface area contributed by atoms with E-state index in [1.54, 1.807) is 13.0 Å². The first-order valence-corrected chi connectivity index (χ1v) is 7.27. The Kier molecular flexibility index (Phi) is 4.78. The highest BCUT2D eigenvalue weighted by atomic mass is 16.5. The maximum atomic E-state index is 11.9. The number of carbonyl (C=O) groups excluding carboxylic acids is 1. The molecule has 0 aliphatic heterocycles. The first-order chi connectivity index (χ1) is 9.65. The van der Waals surface area contributed by atoms with Gasteiger partial charge in [0.2, 0.25) is 0 Å². The van der Waals surface area contributed by atoms with E-state index in [9.17, 15) is 9.90 Å². The summed E-state index contributed by atoms with van der Waals surface area (Å²) < 4.78 is 5.06. The molecule has 0 unspecified atom stereocenters. The lowest BCUT2D eigenvalue weighted by molar-refractivity contribution is 0.0526. The lowest BCUT2D eigenvalue weighted by atomic mass is 9.78. The van der Waals surface area contributed by atoms with Crippen molar-refractivity contribution in [2.75, 3.05) is 13.2 Å². The summed E-state index contributed by atoms with van der Waals surface area (Å²) in [4.78, 5) is 11.9. The van der Waals surface area contributed by atoms with Crippen LogP contribution >= 0.6 is 0 Å². The molecule has 1 aromatic carbocycles. The van der Waals surface area contributed by atoms with E-state index in [0.717, 1.165) is 36.8 Å². The Balaban J connectivity index is 2.42. The van der Waals surface area contributed by atoms with Gasteiger partial charge < -0.3 is 15.6 Å². The molecule has 1 aliphatic carbocycles. The van der Waals surface area contributed by atoms with Crippen LogP contribution in [0.4, 0.5) is 0 Å². The molecule has 0 saturated heterocycles. The quantitative estimate of drug-likeness (QED) is 0.809. The van der Waals surface area contributed by atoms with Crippen molar-refractivity contribution in [3.63, 3.8) is 0 Å². The van der Waals surface area contributed by atoms with Crippen molar-refractivity contribution in [2.45, 2.75) is 44.6 Å². The average molecular weight is 277 g/mol. The minimum Gasteiger partial charge on any atom is -0.462 e. The molecule has 0 aromatic heterocycles. The summed E-state index contributed by atoms with van der Waals surface area (Å²) in [5.41, 5.74) is 8.26. The zero-order valence-electron chi connectivity index (χ0n) is 12.0. The molecule has 0 spiro atoms. The number of hydrogen-bond acceptors (Lipinski definition) is 4. The lowest BCUT2D eigenvalue weighted by Gasteiger charge is -2.28. The fourth-order valence-electron chi connectivity index (χ4n) is 3.08. The molecule has 0 radical (unpaired) electrons. The van der Waals surface area contributed by atoms with Crippen LogP contribution in [0, 0.1) is 0 Å². The molecular weight excluding hydrogens is 254 g/mol. The first kappa shape index (κ1) is 15.0. The normalized spacial score (nSPS) is 17.1. The molecule has 1 aromatic rings. The van der Waals surface area contributed by atoms with Crippen LogP contribution in [0.25, 0.3) is 0 Å². The van der Waals surface area contributed by atoms with Crippen LogP contribution < -0.4 is 5.73 Å². The highest BCUT2D eigenvalue weighted by molar-refractivity contribution is 5.90. The number of esters is 1. The van der Waals surface area contributed by atoms with Crippen molar-refractivity contribution in [3.05, 3.63) is 34.9 Å². The molecule has 0 atom stereocenters. The third-order valence-corrected chi connectivity index (χ3v) is 4.25. The van der Waals surface area contributed by atoms with E-state index < -0.39 is 0 Å². The smallest absolute Gasteiger partial charge is 0.338 e. The van der Waals surface area contributed by atoms with Crippen molar-refractivity contribution in [1.29, 1.82) is 0 Å². The third-order valence-electron chi connectivity index (χ3n) is 4.25. The molecular formula is C16H23NO3. The fraction of sp³-hybridized carbons (Fsp3) is 0.562. The van der Waals surface area contributed by atoms with E-state index in [1.807, 2.05) is 12.1 Å². The number of aliphatic hydroxyl groups is 1. The molecule has 4 nitrogen and oxygen atoms in total. The van der Waals surface area contributed by atoms with Gasteiger partial charge in [-0.15, -0.1) is 0 Å². The molecule has 4 heteroatoms.